The summed E-state index contributed by atoms with van der Waals surface area (Å²) in [5, 5.41) is 22.4. The van der Waals surface area contributed by atoms with E-state index in [2.05, 4.69) is 15.5 Å². The van der Waals surface area contributed by atoms with Crippen molar-refractivity contribution in [1.82, 2.24) is 24.9 Å². The van der Waals surface area contributed by atoms with Gasteiger partial charge in [-0.05, 0) is 25.1 Å². The number of rotatable bonds is 6. The summed E-state index contributed by atoms with van der Waals surface area (Å²) >= 11 is 0. The van der Waals surface area contributed by atoms with Crippen LogP contribution in [0.25, 0.3) is 5.69 Å². The zero-order valence-electron chi connectivity index (χ0n) is 13.3. The standard InChI is InChI=1S/C17H21N5O/c1-17(23,14-10-19-21(2)12-14)13-18-11-15-8-9-22(20-15)16-6-4-3-5-7-16/h3-10,12,18,23H,11,13H2,1-2H3. The molecule has 6 nitrogen and oxygen atoms in total. The Labute approximate surface area is 135 Å². The summed E-state index contributed by atoms with van der Waals surface area (Å²) in [4.78, 5) is 0. The van der Waals surface area contributed by atoms with Gasteiger partial charge in [-0.15, -0.1) is 0 Å². The van der Waals surface area contributed by atoms with Gasteiger partial charge in [0.25, 0.3) is 0 Å². The first-order valence-electron chi connectivity index (χ1n) is 7.57. The molecule has 0 aliphatic rings. The lowest BCUT2D eigenvalue weighted by Gasteiger charge is -2.22. The smallest absolute Gasteiger partial charge is 0.102 e. The van der Waals surface area contributed by atoms with Gasteiger partial charge >= 0.3 is 0 Å². The maximum absolute atomic E-state index is 10.5. The Morgan fingerprint density at radius 1 is 1.22 bits per heavy atom. The van der Waals surface area contributed by atoms with Gasteiger partial charge in [-0.3, -0.25) is 4.68 Å². The third kappa shape index (κ3) is 3.67. The minimum absolute atomic E-state index is 0.427. The lowest BCUT2D eigenvalue weighted by molar-refractivity contribution is 0.0565. The molecule has 1 aromatic carbocycles. The zero-order chi connectivity index (χ0) is 16.3. The minimum Gasteiger partial charge on any atom is -0.384 e. The monoisotopic (exact) mass is 311 g/mol. The fourth-order valence-corrected chi connectivity index (χ4v) is 2.42. The third-order valence-corrected chi connectivity index (χ3v) is 3.77. The van der Waals surface area contributed by atoms with E-state index in [0.29, 0.717) is 13.1 Å². The first-order valence-corrected chi connectivity index (χ1v) is 7.57. The highest BCUT2D eigenvalue weighted by atomic mass is 16.3. The fraction of sp³-hybridized carbons (Fsp3) is 0.294. The van der Waals surface area contributed by atoms with Gasteiger partial charge in [-0.2, -0.15) is 10.2 Å². The molecule has 3 aromatic rings. The van der Waals surface area contributed by atoms with Crippen molar-refractivity contribution in [3.8, 4) is 5.69 Å². The Balaban J connectivity index is 1.58. The Kier molecular flexibility index (Phi) is 4.27. The highest BCUT2D eigenvalue weighted by Gasteiger charge is 2.24. The Morgan fingerprint density at radius 3 is 2.70 bits per heavy atom. The van der Waals surface area contributed by atoms with Crippen molar-refractivity contribution in [2.75, 3.05) is 6.54 Å². The topological polar surface area (TPSA) is 67.9 Å². The van der Waals surface area contributed by atoms with E-state index < -0.39 is 5.60 Å². The molecule has 0 spiro atoms. The Morgan fingerprint density at radius 2 is 2.00 bits per heavy atom. The van der Waals surface area contributed by atoms with Crippen molar-refractivity contribution >= 4 is 0 Å². The van der Waals surface area contributed by atoms with E-state index in [1.54, 1.807) is 17.8 Å². The SMILES string of the molecule is Cn1cc(C(C)(O)CNCc2ccn(-c3ccccc3)n2)cn1. The fourth-order valence-electron chi connectivity index (χ4n) is 2.42. The average Bonchev–Trinajstić information content (AvgIpc) is 3.17. The van der Waals surface area contributed by atoms with Gasteiger partial charge in [0.1, 0.15) is 5.60 Å². The first-order chi connectivity index (χ1) is 11.0. The molecule has 0 aliphatic heterocycles. The molecule has 23 heavy (non-hydrogen) atoms. The van der Waals surface area contributed by atoms with Gasteiger partial charge in [0.2, 0.25) is 0 Å². The van der Waals surface area contributed by atoms with Gasteiger partial charge in [-0.25, -0.2) is 4.68 Å². The molecule has 120 valence electrons. The number of nitrogens with one attached hydrogen (secondary N) is 1. The molecule has 0 saturated heterocycles. The van der Waals surface area contributed by atoms with E-state index >= 15 is 0 Å². The molecule has 6 heteroatoms. The van der Waals surface area contributed by atoms with E-state index in [1.807, 2.05) is 60.5 Å². The quantitative estimate of drug-likeness (QED) is 0.725. The molecule has 0 radical (unpaired) electrons. The molecule has 1 unspecified atom stereocenters. The highest BCUT2D eigenvalue weighted by molar-refractivity contribution is 5.30. The number of hydrogen-bond donors (Lipinski definition) is 2. The van der Waals surface area contributed by atoms with Crippen LogP contribution in [0.3, 0.4) is 0 Å². The molecule has 0 saturated carbocycles. The van der Waals surface area contributed by atoms with Crippen molar-refractivity contribution in [2.24, 2.45) is 7.05 Å². The van der Waals surface area contributed by atoms with E-state index in [0.717, 1.165) is 16.9 Å². The lowest BCUT2D eigenvalue weighted by Crippen LogP contribution is -2.35. The van der Waals surface area contributed by atoms with Crippen LogP contribution in [0.15, 0.2) is 55.0 Å². The predicted octanol–water partition coefficient (Wildman–Crippen LogP) is 1.60. The van der Waals surface area contributed by atoms with Gasteiger partial charge in [0, 0.05) is 38.1 Å². The third-order valence-electron chi connectivity index (χ3n) is 3.77. The Bertz CT molecular complexity index is 760. The van der Waals surface area contributed by atoms with E-state index in [1.165, 1.54) is 0 Å². The molecule has 2 aromatic heterocycles. The van der Waals surface area contributed by atoms with Gasteiger partial charge in [0.05, 0.1) is 17.6 Å². The van der Waals surface area contributed by atoms with Crippen LogP contribution in [0.1, 0.15) is 18.2 Å². The average molecular weight is 311 g/mol. The van der Waals surface area contributed by atoms with Gasteiger partial charge in [-0.1, -0.05) is 18.2 Å². The molecule has 0 fully saturated rings. The molecule has 1 atom stereocenters. The number of benzene rings is 1. The Hall–Kier alpha value is -2.44. The van der Waals surface area contributed by atoms with Crippen molar-refractivity contribution < 1.29 is 5.11 Å². The van der Waals surface area contributed by atoms with Crippen LogP contribution in [0, 0.1) is 0 Å². The second kappa shape index (κ2) is 6.36. The molecule has 2 heterocycles. The molecule has 3 rings (SSSR count). The number of aliphatic hydroxyl groups is 1. The van der Waals surface area contributed by atoms with Crippen molar-refractivity contribution in [3.63, 3.8) is 0 Å². The summed E-state index contributed by atoms with van der Waals surface area (Å²) in [6.07, 6.45) is 5.45. The number of aromatic nitrogens is 4. The van der Waals surface area contributed by atoms with E-state index in [9.17, 15) is 5.11 Å². The first kappa shape index (κ1) is 15.5. The zero-order valence-corrected chi connectivity index (χ0v) is 13.3. The minimum atomic E-state index is -0.962. The lowest BCUT2D eigenvalue weighted by atomic mass is 10.00. The van der Waals surface area contributed by atoms with Crippen LogP contribution in [0.2, 0.25) is 0 Å². The number of aryl methyl sites for hydroxylation is 1. The number of hydrogen-bond acceptors (Lipinski definition) is 4. The highest BCUT2D eigenvalue weighted by Crippen LogP contribution is 2.18. The predicted molar refractivity (Wildman–Crippen MR) is 88.0 cm³/mol. The summed E-state index contributed by atoms with van der Waals surface area (Å²) in [5.41, 5.74) is 1.79. The number of nitrogens with zero attached hydrogens (tertiary/aromatic N) is 4. The molecule has 0 bridgehead atoms. The maximum atomic E-state index is 10.5. The van der Waals surface area contributed by atoms with Gasteiger partial charge in [0.15, 0.2) is 0 Å². The van der Waals surface area contributed by atoms with E-state index in [-0.39, 0.29) is 0 Å². The second-order valence-electron chi connectivity index (χ2n) is 5.87. The van der Waals surface area contributed by atoms with Crippen molar-refractivity contribution in [2.45, 2.75) is 19.1 Å². The van der Waals surface area contributed by atoms with Crippen molar-refractivity contribution in [3.05, 3.63) is 66.2 Å². The molecule has 0 amide bonds. The van der Waals surface area contributed by atoms with Crippen LogP contribution in [-0.4, -0.2) is 31.2 Å². The summed E-state index contributed by atoms with van der Waals surface area (Å²) in [7, 11) is 1.84. The second-order valence-corrected chi connectivity index (χ2v) is 5.87. The van der Waals surface area contributed by atoms with Crippen molar-refractivity contribution in [1.29, 1.82) is 0 Å². The molecule has 0 aliphatic carbocycles. The van der Waals surface area contributed by atoms with Crippen LogP contribution >= 0.6 is 0 Å². The number of para-hydroxylation sites is 1. The largest absolute Gasteiger partial charge is 0.384 e. The van der Waals surface area contributed by atoms with Crippen LogP contribution in [-0.2, 0) is 19.2 Å². The van der Waals surface area contributed by atoms with E-state index in [4.69, 9.17) is 0 Å². The summed E-state index contributed by atoms with van der Waals surface area (Å²) in [6.45, 7) is 2.80. The van der Waals surface area contributed by atoms with Gasteiger partial charge < -0.3 is 10.4 Å². The summed E-state index contributed by atoms with van der Waals surface area (Å²) < 4.78 is 3.53. The maximum Gasteiger partial charge on any atom is 0.102 e. The molecule has 2 N–H and O–H groups in total. The molecular weight excluding hydrogens is 290 g/mol. The van der Waals surface area contributed by atoms with Crippen LogP contribution in [0.5, 0.6) is 0 Å². The molecular formula is C17H21N5O. The van der Waals surface area contributed by atoms with Crippen LogP contribution < -0.4 is 5.32 Å². The normalized spacial score (nSPS) is 13.9. The van der Waals surface area contributed by atoms with Crippen LogP contribution in [0.4, 0.5) is 0 Å². The summed E-state index contributed by atoms with van der Waals surface area (Å²) in [6, 6.07) is 11.9. The summed E-state index contributed by atoms with van der Waals surface area (Å²) in [5.74, 6) is 0.